The number of amides is 1. The first-order valence-corrected chi connectivity index (χ1v) is 8.24. The molecule has 1 amide bonds. The molecule has 2 aromatic carbocycles. The van der Waals surface area contributed by atoms with Crippen LogP contribution in [0.15, 0.2) is 60.7 Å². The van der Waals surface area contributed by atoms with Crippen molar-refractivity contribution in [1.29, 1.82) is 0 Å². The molecular weight excluding hydrogens is 300 g/mol. The Kier molecular flexibility index (Phi) is 3.82. The Hall–Kier alpha value is -2.59. The van der Waals surface area contributed by atoms with Crippen molar-refractivity contribution in [2.24, 2.45) is 7.05 Å². The molecule has 0 bridgehead atoms. The van der Waals surface area contributed by atoms with E-state index in [9.17, 15) is 4.79 Å². The van der Waals surface area contributed by atoms with Crippen LogP contribution in [-0.2, 0) is 11.8 Å². The Bertz CT molecular complexity index is 870. The summed E-state index contributed by atoms with van der Waals surface area (Å²) in [4.78, 5) is 14.9. The zero-order valence-electron chi connectivity index (χ0n) is 13.7. The van der Waals surface area contributed by atoms with Crippen LogP contribution in [0.25, 0.3) is 10.9 Å². The number of rotatable bonds is 2. The molecule has 4 nitrogen and oxygen atoms in total. The number of fused-ring (bicyclic) bond motifs is 1. The number of aryl methyl sites for hydroxylation is 1. The molecule has 1 aromatic heterocycles. The van der Waals surface area contributed by atoms with Gasteiger partial charge in [0, 0.05) is 24.5 Å². The first kappa shape index (κ1) is 15.0. The smallest absolute Gasteiger partial charge is 0.270 e. The number of ether oxygens (including phenoxy) is 1. The second-order valence-electron chi connectivity index (χ2n) is 6.17. The molecule has 122 valence electrons. The monoisotopic (exact) mass is 320 g/mol. The molecule has 0 aliphatic carbocycles. The van der Waals surface area contributed by atoms with Crippen LogP contribution in [0.1, 0.15) is 22.2 Å². The Morgan fingerprint density at radius 3 is 2.62 bits per heavy atom. The molecule has 4 heteroatoms. The Morgan fingerprint density at radius 2 is 1.83 bits per heavy atom. The maximum Gasteiger partial charge on any atom is 0.270 e. The SMILES string of the molecule is Cn1c(C(=O)N2CCO[C@H](c3ccccc3)C2)cc2ccccc21. The predicted octanol–water partition coefficient (Wildman–Crippen LogP) is 3.39. The van der Waals surface area contributed by atoms with Crippen molar-refractivity contribution in [2.75, 3.05) is 19.7 Å². The summed E-state index contributed by atoms with van der Waals surface area (Å²) < 4.78 is 7.85. The van der Waals surface area contributed by atoms with E-state index >= 15 is 0 Å². The van der Waals surface area contributed by atoms with Gasteiger partial charge in [0.1, 0.15) is 11.8 Å². The van der Waals surface area contributed by atoms with Crippen molar-refractivity contribution >= 4 is 16.8 Å². The van der Waals surface area contributed by atoms with Gasteiger partial charge in [-0.25, -0.2) is 0 Å². The Balaban J connectivity index is 1.60. The molecule has 1 aliphatic heterocycles. The van der Waals surface area contributed by atoms with Gasteiger partial charge < -0.3 is 14.2 Å². The zero-order valence-corrected chi connectivity index (χ0v) is 13.7. The van der Waals surface area contributed by atoms with Gasteiger partial charge in [-0.2, -0.15) is 0 Å². The molecule has 0 N–H and O–H groups in total. The minimum Gasteiger partial charge on any atom is -0.370 e. The lowest BCUT2D eigenvalue weighted by molar-refractivity contribution is -0.0231. The van der Waals surface area contributed by atoms with Crippen molar-refractivity contribution in [1.82, 2.24) is 9.47 Å². The number of carbonyl (C=O) groups is 1. The number of morpholine rings is 1. The molecule has 1 atom stereocenters. The van der Waals surface area contributed by atoms with Crippen LogP contribution in [0.4, 0.5) is 0 Å². The van der Waals surface area contributed by atoms with Crippen molar-refractivity contribution in [3.05, 3.63) is 71.9 Å². The van der Waals surface area contributed by atoms with Gasteiger partial charge in [-0.1, -0.05) is 48.5 Å². The Labute approximate surface area is 141 Å². The van der Waals surface area contributed by atoms with E-state index in [0.29, 0.717) is 19.7 Å². The molecule has 2 heterocycles. The normalized spacial score (nSPS) is 18.0. The highest BCUT2D eigenvalue weighted by Gasteiger charge is 2.27. The van der Waals surface area contributed by atoms with Crippen LogP contribution < -0.4 is 0 Å². The largest absolute Gasteiger partial charge is 0.370 e. The number of para-hydroxylation sites is 1. The van der Waals surface area contributed by atoms with Crippen molar-refractivity contribution < 1.29 is 9.53 Å². The highest BCUT2D eigenvalue weighted by molar-refractivity contribution is 5.98. The number of hydrogen-bond acceptors (Lipinski definition) is 2. The van der Waals surface area contributed by atoms with Crippen LogP contribution in [0.2, 0.25) is 0 Å². The van der Waals surface area contributed by atoms with Gasteiger partial charge in [0.15, 0.2) is 0 Å². The molecule has 24 heavy (non-hydrogen) atoms. The minimum atomic E-state index is -0.0569. The molecule has 1 aliphatic rings. The average molecular weight is 320 g/mol. The van der Waals surface area contributed by atoms with Gasteiger partial charge >= 0.3 is 0 Å². The van der Waals surface area contributed by atoms with Crippen LogP contribution in [0.3, 0.4) is 0 Å². The molecule has 0 saturated carbocycles. The molecule has 1 saturated heterocycles. The highest BCUT2D eigenvalue weighted by Crippen LogP contribution is 2.25. The van der Waals surface area contributed by atoms with E-state index < -0.39 is 0 Å². The highest BCUT2D eigenvalue weighted by atomic mass is 16.5. The van der Waals surface area contributed by atoms with Crippen LogP contribution in [-0.4, -0.2) is 35.1 Å². The molecule has 0 unspecified atom stereocenters. The standard InChI is InChI=1S/C20H20N2O2/c1-21-17-10-6-5-9-16(17)13-18(21)20(23)22-11-12-24-19(14-22)15-7-3-2-4-8-15/h2-10,13,19H,11-12,14H2,1H3/t19-/m0/s1. The molecular formula is C20H20N2O2. The number of aromatic nitrogens is 1. The topological polar surface area (TPSA) is 34.5 Å². The average Bonchev–Trinajstić information content (AvgIpc) is 2.99. The van der Waals surface area contributed by atoms with E-state index in [1.807, 2.05) is 65.0 Å². The van der Waals surface area contributed by atoms with Gasteiger partial charge in [0.25, 0.3) is 5.91 Å². The van der Waals surface area contributed by atoms with Gasteiger partial charge in [0.05, 0.1) is 13.2 Å². The van der Waals surface area contributed by atoms with Crippen LogP contribution in [0, 0.1) is 0 Å². The summed E-state index contributed by atoms with van der Waals surface area (Å²) >= 11 is 0. The summed E-state index contributed by atoms with van der Waals surface area (Å²) in [6.07, 6.45) is -0.0569. The first-order chi connectivity index (χ1) is 11.7. The van der Waals surface area contributed by atoms with Crippen molar-refractivity contribution in [3.8, 4) is 0 Å². The van der Waals surface area contributed by atoms with Gasteiger partial charge in [0.2, 0.25) is 0 Å². The van der Waals surface area contributed by atoms with Gasteiger partial charge in [-0.05, 0) is 17.7 Å². The van der Waals surface area contributed by atoms with Gasteiger partial charge in [-0.15, -0.1) is 0 Å². The van der Waals surface area contributed by atoms with E-state index in [0.717, 1.165) is 22.2 Å². The maximum absolute atomic E-state index is 13.0. The third-order valence-corrected chi connectivity index (χ3v) is 4.70. The second-order valence-corrected chi connectivity index (χ2v) is 6.17. The van der Waals surface area contributed by atoms with E-state index in [1.54, 1.807) is 0 Å². The van der Waals surface area contributed by atoms with E-state index in [1.165, 1.54) is 0 Å². The lowest BCUT2D eigenvalue weighted by Crippen LogP contribution is -2.42. The van der Waals surface area contributed by atoms with E-state index in [4.69, 9.17) is 4.74 Å². The summed E-state index contributed by atoms with van der Waals surface area (Å²) in [5.41, 5.74) is 2.92. The van der Waals surface area contributed by atoms with Crippen LogP contribution in [0.5, 0.6) is 0 Å². The van der Waals surface area contributed by atoms with Crippen molar-refractivity contribution in [3.63, 3.8) is 0 Å². The fourth-order valence-corrected chi connectivity index (χ4v) is 3.36. The second kappa shape index (κ2) is 6.13. The summed E-state index contributed by atoms with van der Waals surface area (Å²) in [6.45, 7) is 1.78. The van der Waals surface area contributed by atoms with E-state index in [-0.39, 0.29) is 12.0 Å². The first-order valence-electron chi connectivity index (χ1n) is 8.24. The van der Waals surface area contributed by atoms with Gasteiger partial charge in [-0.3, -0.25) is 4.79 Å². The summed E-state index contributed by atoms with van der Waals surface area (Å²) in [7, 11) is 1.95. The third kappa shape index (κ3) is 2.59. The quantitative estimate of drug-likeness (QED) is 0.725. The molecule has 1 fully saturated rings. The molecule has 4 rings (SSSR count). The lowest BCUT2D eigenvalue weighted by Gasteiger charge is -2.33. The number of benzene rings is 2. The predicted molar refractivity (Wildman–Crippen MR) is 94.0 cm³/mol. The fourth-order valence-electron chi connectivity index (χ4n) is 3.36. The zero-order chi connectivity index (χ0) is 16.5. The summed E-state index contributed by atoms with van der Waals surface area (Å²) in [5, 5.41) is 1.09. The third-order valence-electron chi connectivity index (χ3n) is 4.70. The fraction of sp³-hybridized carbons (Fsp3) is 0.250. The van der Waals surface area contributed by atoms with Crippen LogP contribution >= 0.6 is 0 Å². The lowest BCUT2D eigenvalue weighted by atomic mass is 10.1. The minimum absolute atomic E-state index is 0.0569. The molecule has 0 radical (unpaired) electrons. The molecule has 0 spiro atoms. The summed E-state index contributed by atoms with van der Waals surface area (Å²) in [6, 6.07) is 20.1. The number of nitrogens with zero attached hydrogens (tertiary/aromatic N) is 2. The van der Waals surface area contributed by atoms with E-state index in [2.05, 4.69) is 12.1 Å². The maximum atomic E-state index is 13.0. The Morgan fingerprint density at radius 1 is 1.08 bits per heavy atom. The number of hydrogen-bond donors (Lipinski definition) is 0. The molecule has 3 aromatic rings. The van der Waals surface area contributed by atoms with Crippen molar-refractivity contribution in [2.45, 2.75) is 6.10 Å². The summed E-state index contributed by atoms with van der Waals surface area (Å²) in [5.74, 6) is 0.0675. The number of carbonyl (C=O) groups excluding carboxylic acids is 1.